The summed E-state index contributed by atoms with van der Waals surface area (Å²) >= 11 is 0. The second kappa shape index (κ2) is 9.18. The molecule has 1 heterocycles. The van der Waals surface area contributed by atoms with E-state index in [9.17, 15) is 9.36 Å². The molecule has 0 radical (unpaired) electrons. The number of esters is 1. The maximum Gasteiger partial charge on any atom is 0.320 e. The van der Waals surface area contributed by atoms with E-state index >= 15 is 0 Å². The molecule has 1 atom stereocenters. The molecule has 1 saturated heterocycles. The van der Waals surface area contributed by atoms with Crippen molar-refractivity contribution in [2.24, 2.45) is 0 Å². The average Bonchev–Trinajstić information content (AvgIpc) is 2.70. The molecule has 27 heavy (non-hydrogen) atoms. The van der Waals surface area contributed by atoms with Gasteiger partial charge in [0.05, 0.1) is 18.5 Å². The molecule has 0 spiro atoms. The molecule has 0 saturated carbocycles. The Kier molecular flexibility index (Phi) is 6.67. The molecule has 0 aromatic heterocycles. The Morgan fingerprint density at radius 3 is 2.59 bits per heavy atom. The van der Waals surface area contributed by atoms with Crippen LogP contribution in [0.4, 0.5) is 0 Å². The summed E-state index contributed by atoms with van der Waals surface area (Å²) in [5, 5.41) is 0.554. The molecule has 1 aliphatic heterocycles. The van der Waals surface area contributed by atoms with Crippen LogP contribution < -0.4 is 10.0 Å². The molecule has 0 bridgehead atoms. The first-order valence-corrected chi connectivity index (χ1v) is 10.6. The molecular weight excluding hydrogens is 365 g/mol. The van der Waals surface area contributed by atoms with Crippen LogP contribution >= 0.6 is 7.52 Å². The summed E-state index contributed by atoms with van der Waals surface area (Å²) in [4.78, 5) is 11.8. The first-order chi connectivity index (χ1) is 13.1. The number of benzene rings is 2. The third-order valence-electron chi connectivity index (χ3n) is 4.23. The van der Waals surface area contributed by atoms with Crippen molar-refractivity contribution < 1.29 is 23.4 Å². The number of carbonyl (C=O) groups is 1. The summed E-state index contributed by atoms with van der Waals surface area (Å²) in [6.07, 6.45) is 0.724. The van der Waals surface area contributed by atoms with E-state index in [1.54, 1.807) is 35.9 Å². The molecular formula is C20H24NO5P. The topological polar surface area (TPSA) is 65.1 Å². The van der Waals surface area contributed by atoms with E-state index in [1.165, 1.54) is 0 Å². The van der Waals surface area contributed by atoms with Gasteiger partial charge in [0.2, 0.25) is 0 Å². The highest BCUT2D eigenvalue weighted by molar-refractivity contribution is 7.64. The molecule has 3 rings (SSSR count). The number of ether oxygens (including phenoxy) is 2. The Labute approximate surface area is 159 Å². The van der Waals surface area contributed by atoms with Crippen LogP contribution in [0.2, 0.25) is 0 Å². The SMILES string of the molecule is CCOC(=O)CN1CCCOP1(=O)c1ccc(OCc2ccccc2)cc1. The summed E-state index contributed by atoms with van der Waals surface area (Å²) in [7, 11) is -3.27. The maximum absolute atomic E-state index is 13.5. The summed E-state index contributed by atoms with van der Waals surface area (Å²) < 4.78 is 31.5. The van der Waals surface area contributed by atoms with E-state index in [2.05, 4.69) is 0 Å². The zero-order valence-corrected chi connectivity index (χ0v) is 16.3. The van der Waals surface area contributed by atoms with Gasteiger partial charge in [0.15, 0.2) is 0 Å². The molecule has 6 nitrogen and oxygen atoms in total. The Bertz CT molecular complexity index is 794. The molecule has 0 N–H and O–H groups in total. The van der Waals surface area contributed by atoms with Crippen molar-refractivity contribution in [3.63, 3.8) is 0 Å². The summed E-state index contributed by atoms with van der Waals surface area (Å²) in [5.74, 6) is 0.286. The van der Waals surface area contributed by atoms with Gasteiger partial charge in [0.25, 0.3) is 0 Å². The van der Waals surface area contributed by atoms with Crippen LogP contribution in [0.15, 0.2) is 54.6 Å². The van der Waals surface area contributed by atoms with Crippen molar-refractivity contribution in [2.75, 3.05) is 26.3 Å². The first kappa shape index (κ1) is 19.6. The Morgan fingerprint density at radius 1 is 1.15 bits per heavy atom. The lowest BCUT2D eigenvalue weighted by Gasteiger charge is -2.34. The second-order valence-electron chi connectivity index (χ2n) is 6.17. The normalized spacial score (nSPS) is 20.2. The zero-order chi connectivity index (χ0) is 19.1. The molecule has 1 fully saturated rings. The van der Waals surface area contributed by atoms with Gasteiger partial charge in [-0.3, -0.25) is 9.36 Å². The van der Waals surface area contributed by atoms with E-state index in [-0.39, 0.29) is 6.54 Å². The minimum atomic E-state index is -3.27. The fourth-order valence-corrected chi connectivity index (χ4v) is 5.13. The van der Waals surface area contributed by atoms with Crippen LogP contribution in [-0.2, 0) is 25.2 Å². The number of hydrogen-bond acceptors (Lipinski definition) is 5. The molecule has 0 amide bonds. The van der Waals surface area contributed by atoms with Crippen molar-refractivity contribution in [2.45, 2.75) is 20.0 Å². The van der Waals surface area contributed by atoms with Gasteiger partial charge >= 0.3 is 13.5 Å². The fourth-order valence-electron chi connectivity index (χ4n) is 2.89. The number of rotatable bonds is 7. The summed E-state index contributed by atoms with van der Waals surface area (Å²) in [6, 6.07) is 16.9. The lowest BCUT2D eigenvalue weighted by Crippen LogP contribution is -2.37. The molecule has 144 valence electrons. The molecule has 7 heteroatoms. The Balaban J connectivity index is 1.69. The predicted molar refractivity (Wildman–Crippen MR) is 103 cm³/mol. The lowest BCUT2D eigenvalue weighted by molar-refractivity contribution is -0.143. The summed E-state index contributed by atoms with van der Waals surface area (Å²) in [6.45, 7) is 3.40. The second-order valence-corrected chi connectivity index (χ2v) is 8.55. The van der Waals surface area contributed by atoms with Gasteiger partial charge in [0.1, 0.15) is 18.9 Å². The minimum Gasteiger partial charge on any atom is -0.489 e. The first-order valence-electron chi connectivity index (χ1n) is 9.05. The lowest BCUT2D eigenvalue weighted by atomic mass is 10.2. The van der Waals surface area contributed by atoms with Crippen LogP contribution in [0.5, 0.6) is 5.75 Å². The van der Waals surface area contributed by atoms with E-state index in [1.807, 2.05) is 30.3 Å². The van der Waals surface area contributed by atoms with Crippen LogP contribution in [0, 0.1) is 0 Å². The predicted octanol–water partition coefficient (Wildman–Crippen LogP) is 3.37. The third-order valence-corrected chi connectivity index (χ3v) is 6.80. The zero-order valence-electron chi connectivity index (χ0n) is 15.4. The van der Waals surface area contributed by atoms with Crippen molar-refractivity contribution in [3.8, 4) is 5.75 Å². The van der Waals surface area contributed by atoms with Crippen LogP contribution in [-0.4, -0.2) is 36.9 Å². The Hall–Kier alpha value is -2.14. The maximum atomic E-state index is 13.5. The molecule has 2 aromatic carbocycles. The van der Waals surface area contributed by atoms with Gasteiger partial charge in [-0.1, -0.05) is 30.3 Å². The van der Waals surface area contributed by atoms with Crippen LogP contribution in [0.25, 0.3) is 0 Å². The van der Waals surface area contributed by atoms with Gasteiger partial charge < -0.3 is 14.0 Å². The fraction of sp³-hybridized carbons (Fsp3) is 0.350. The van der Waals surface area contributed by atoms with E-state index in [4.69, 9.17) is 14.0 Å². The average molecular weight is 389 g/mol. The minimum absolute atomic E-state index is 0.0443. The highest BCUT2D eigenvalue weighted by Crippen LogP contribution is 2.52. The molecule has 0 aliphatic carbocycles. The van der Waals surface area contributed by atoms with Crippen molar-refractivity contribution in [1.82, 2.24) is 4.67 Å². The smallest absolute Gasteiger partial charge is 0.320 e. The largest absolute Gasteiger partial charge is 0.489 e. The number of nitrogens with zero attached hydrogens (tertiary/aromatic N) is 1. The monoisotopic (exact) mass is 389 g/mol. The Morgan fingerprint density at radius 2 is 1.89 bits per heavy atom. The number of carbonyl (C=O) groups excluding carboxylic acids is 1. The van der Waals surface area contributed by atoms with Gasteiger partial charge in [-0.25, -0.2) is 4.67 Å². The quantitative estimate of drug-likeness (QED) is 0.534. The van der Waals surface area contributed by atoms with Gasteiger partial charge in [-0.15, -0.1) is 0 Å². The molecule has 1 unspecified atom stereocenters. The van der Waals surface area contributed by atoms with Crippen molar-refractivity contribution >= 4 is 18.8 Å². The van der Waals surface area contributed by atoms with E-state index in [0.717, 1.165) is 12.0 Å². The van der Waals surface area contributed by atoms with E-state index in [0.29, 0.717) is 37.4 Å². The molecule has 2 aromatic rings. The van der Waals surface area contributed by atoms with E-state index < -0.39 is 13.5 Å². The van der Waals surface area contributed by atoms with Crippen LogP contribution in [0.1, 0.15) is 18.9 Å². The summed E-state index contributed by atoms with van der Waals surface area (Å²) in [5.41, 5.74) is 1.07. The van der Waals surface area contributed by atoms with Crippen LogP contribution in [0.3, 0.4) is 0 Å². The molecule has 1 aliphatic rings. The van der Waals surface area contributed by atoms with Gasteiger partial charge in [0, 0.05) is 6.54 Å². The van der Waals surface area contributed by atoms with Gasteiger partial charge in [-0.05, 0) is 43.2 Å². The highest BCUT2D eigenvalue weighted by atomic mass is 31.2. The van der Waals surface area contributed by atoms with Crippen molar-refractivity contribution in [1.29, 1.82) is 0 Å². The number of hydrogen-bond donors (Lipinski definition) is 0. The highest BCUT2D eigenvalue weighted by Gasteiger charge is 2.38. The third kappa shape index (κ3) is 4.98. The van der Waals surface area contributed by atoms with Gasteiger partial charge in [-0.2, -0.15) is 0 Å². The van der Waals surface area contributed by atoms with Crippen molar-refractivity contribution in [3.05, 3.63) is 60.2 Å². The standard InChI is InChI=1S/C20H24NO5P/c1-2-24-20(22)15-21-13-6-14-26-27(21,23)19-11-9-18(10-12-19)25-16-17-7-4-3-5-8-17/h3-5,7-12H,2,6,13-16H2,1H3.